The van der Waals surface area contributed by atoms with Crippen LogP contribution < -0.4 is 10.1 Å². The van der Waals surface area contributed by atoms with Crippen molar-refractivity contribution in [3.63, 3.8) is 0 Å². The first kappa shape index (κ1) is 21.1. The fourth-order valence-electron chi connectivity index (χ4n) is 3.80. The number of amides is 2. The van der Waals surface area contributed by atoms with Crippen LogP contribution in [0.1, 0.15) is 37.7 Å². The van der Waals surface area contributed by atoms with Crippen LogP contribution in [0.4, 0.5) is 0 Å². The first-order chi connectivity index (χ1) is 13.6. The maximum atomic E-state index is 12.9. The quantitative estimate of drug-likeness (QED) is 0.784. The lowest BCUT2D eigenvalue weighted by molar-refractivity contribution is 0.0531. The normalized spacial score (nSPS) is 16.1. The molecule has 0 atom stereocenters. The lowest BCUT2D eigenvalue weighted by Crippen LogP contribution is -2.50. The predicted molar refractivity (Wildman–Crippen MR) is 111 cm³/mol. The highest BCUT2D eigenvalue weighted by Gasteiger charge is 2.29. The van der Waals surface area contributed by atoms with Crippen LogP contribution in [0.15, 0.2) is 18.2 Å². The monoisotopic (exact) mass is 419 g/mol. The lowest BCUT2D eigenvalue weighted by Gasteiger charge is -2.34. The number of aromatic amines is 1. The molecule has 2 aliphatic rings. The summed E-state index contributed by atoms with van der Waals surface area (Å²) in [6.07, 6.45) is 0.859. The summed E-state index contributed by atoms with van der Waals surface area (Å²) in [7, 11) is 1.60. The van der Waals surface area contributed by atoms with Gasteiger partial charge in [0.1, 0.15) is 5.75 Å². The predicted octanol–water partition coefficient (Wildman–Crippen LogP) is 1.39. The van der Waals surface area contributed by atoms with E-state index < -0.39 is 0 Å². The summed E-state index contributed by atoms with van der Waals surface area (Å²) in [6.45, 7) is 5.53. The van der Waals surface area contributed by atoms with Crippen LogP contribution in [-0.4, -0.2) is 71.6 Å². The third kappa shape index (κ3) is 4.09. The maximum Gasteiger partial charge on any atom is 0.274 e. The Kier molecular flexibility index (Phi) is 6.44. The molecule has 29 heavy (non-hydrogen) atoms. The Morgan fingerprint density at radius 3 is 2.48 bits per heavy atom. The Morgan fingerprint density at radius 1 is 1.10 bits per heavy atom. The number of ether oxygens (including phenoxy) is 1. The number of hydrogen-bond acceptors (Lipinski definition) is 5. The van der Waals surface area contributed by atoms with Crippen molar-refractivity contribution in [1.82, 2.24) is 25.3 Å². The van der Waals surface area contributed by atoms with Crippen molar-refractivity contribution >= 4 is 24.2 Å². The number of aromatic nitrogens is 2. The first-order valence-electron chi connectivity index (χ1n) is 9.58. The average Bonchev–Trinajstić information content (AvgIpc) is 3.17. The molecule has 8 nitrogen and oxygen atoms in total. The number of carbonyl (C=O) groups excluding carboxylic acids is 2. The van der Waals surface area contributed by atoms with E-state index in [-0.39, 0.29) is 24.2 Å². The smallest absolute Gasteiger partial charge is 0.274 e. The summed E-state index contributed by atoms with van der Waals surface area (Å²) in [5.41, 5.74) is 4.12. The number of hydrogen-bond donors (Lipinski definition) is 2. The van der Waals surface area contributed by atoms with E-state index in [4.69, 9.17) is 4.74 Å². The van der Waals surface area contributed by atoms with Gasteiger partial charge >= 0.3 is 0 Å². The minimum Gasteiger partial charge on any atom is -0.496 e. The van der Waals surface area contributed by atoms with Crippen LogP contribution in [0.5, 0.6) is 5.75 Å². The van der Waals surface area contributed by atoms with Gasteiger partial charge in [0.05, 0.1) is 7.11 Å². The molecule has 1 aromatic carbocycles. The molecule has 0 unspecified atom stereocenters. The number of fused-ring (bicyclic) bond motifs is 1. The lowest BCUT2D eigenvalue weighted by atomic mass is 10.1. The van der Waals surface area contributed by atoms with E-state index in [0.717, 1.165) is 29.8 Å². The molecule has 2 aromatic rings. The SMILES string of the molecule is COc1cc(C(=O)N2CCN(C(=O)c3n[nH]c4c3CNCC4)CC2)ccc1C.Cl. The molecule has 4 rings (SSSR count). The van der Waals surface area contributed by atoms with Crippen molar-refractivity contribution in [3.8, 4) is 5.75 Å². The van der Waals surface area contributed by atoms with Gasteiger partial charge < -0.3 is 19.9 Å². The molecule has 156 valence electrons. The number of methoxy groups -OCH3 is 1. The standard InChI is InChI=1S/C20H25N5O3.ClH/c1-13-3-4-14(11-17(13)28-2)19(26)24-7-9-25(10-8-24)20(27)18-15-12-21-6-5-16(15)22-23-18;/h3-4,11,21H,5-10,12H2,1-2H3,(H,22,23);1H. The Balaban J connectivity index is 0.00000240. The van der Waals surface area contributed by atoms with Gasteiger partial charge in [-0.1, -0.05) is 6.07 Å². The molecule has 1 aromatic heterocycles. The Labute approximate surface area is 176 Å². The van der Waals surface area contributed by atoms with Gasteiger partial charge in [0.25, 0.3) is 11.8 Å². The van der Waals surface area contributed by atoms with Crippen LogP contribution in [-0.2, 0) is 13.0 Å². The molecule has 0 saturated carbocycles. The summed E-state index contributed by atoms with van der Waals surface area (Å²) in [5.74, 6) is 0.605. The van der Waals surface area contributed by atoms with Crippen molar-refractivity contribution < 1.29 is 14.3 Å². The van der Waals surface area contributed by atoms with Gasteiger partial charge in [0.15, 0.2) is 5.69 Å². The zero-order valence-electron chi connectivity index (χ0n) is 16.7. The molecule has 0 bridgehead atoms. The van der Waals surface area contributed by atoms with Crippen molar-refractivity contribution in [2.24, 2.45) is 0 Å². The highest BCUT2D eigenvalue weighted by molar-refractivity contribution is 5.96. The number of benzene rings is 1. The first-order valence-corrected chi connectivity index (χ1v) is 9.58. The minimum absolute atomic E-state index is 0. The topological polar surface area (TPSA) is 90.6 Å². The van der Waals surface area contributed by atoms with Crippen LogP contribution in [0.3, 0.4) is 0 Å². The molecule has 0 radical (unpaired) electrons. The molecule has 2 N–H and O–H groups in total. The minimum atomic E-state index is -0.0645. The summed E-state index contributed by atoms with van der Waals surface area (Å²) in [6, 6.07) is 5.49. The van der Waals surface area contributed by atoms with Crippen molar-refractivity contribution in [2.75, 3.05) is 39.8 Å². The second kappa shape index (κ2) is 8.84. The van der Waals surface area contributed by atoms with Crippen LogP contribution in [0, 0.1) is 6.92 Å². The van der Waals surface area contributed by atoms with Gasteiger partial charge in [-0.2, -0.15) is 5.10 Å². The van der Waals surface area contributed by atoms with Crippen LogP contribution in [0.25, 0.3) is 0 Å². The number of nitrogens with zero attached hydrogens (tertiary/aromatic N) is 3. The number of carbonyl (C=O) groups is 2. The Hall–Kier alpha value is -2.58. The molecule has 9 heteroatoms. The number of nitrogens with one attached hydrogen (secondary N) is 2. The zero-order valence-corrected chi connectivity index (χ0v) is 17.5. The molecule has 0 spiro atoms. The molecular formula is C20H26ClN5O3. The van der Waals surface area contributed by atoms with Crippen molar-refractivity contribution in [3.05, 3.63) is 46.3 Å². The Morgan fingerprint density at radius 2 is 1.79 bits per heavy atom. The second-order valence-electron chi connectivity index (χ2n) is 7.22. The summed E-state index contributed by atoms with van der Waals surface area (Å²) < 4.78 is 5.32. The molecule has 2 amide bonds. The van der Waals surface area contributed by atoms with Gasteiger partial charge in [0.2, 0.25) is 0 Å². The van der Waals surface area contributed by atoms with Crippen LogP contribution in [0.2, 0.25) is 0 Å². The second-order valence-corrected chi connectivity index (χ2v) is 7.22. The third-order valence-electron chi connectivity index (χ3n) is 5.52. The summed E-state index contributed by atoms with van der Waals surface area (Å²) in [4.78, 5) is 29.3. The van der Waals surface area contributed by atoms with E-state index >= 15 is 0 Å². The fraction of sp³-hybridized carbons (Fsp3) is 0.450. The van der Waals surface area contributed by atoms with Gasteiger partial charge in [-0.3, -0.25) is 14.7 Å². The number of halogens is 1. The highest BCUT2D eigenvalue weighted by Crippen LogP contribution is 2.21. The third-order valence-corrected chi connectivity index (χ3v) is 5.52. The molecule has 1 fully saturated rings. The summed E-state index contributed by atoms with van der Waals surface area (Å²) in [5, 5.41) is 10.5. The fourth-order valence-corrected chi connectivity index (χ4v) is 3.80. The highest BCUT2D eigenvalue weighted by atomic mass is 35.5. The molecule has 3 heterocycles. The van der Waals surface area contributed by atoms with Crippen molar-refractivity contribution in [2.45, 2.75) is 19.9 Å². The van der Waals surface area contributed by atoms with E-state index in [1.807, 2.05) is 19.1 Å². The van der Waals surface area contributed by atoms with Gasteiger partial charge in [-0.15, -0.1) is 12.4 Å². The van der Waals surface area contributed by atoms with Crippen LogP contribution >= 0.6 is 12.4 Å². The molecule has 1 saturated heterocycles. The molecule has 0 aliphatic carbocycles. The zero-order chi connectivity index (χ0) is 19.7. The number of rotatable bonds is 3. The Bertz CT molecular complexity index is 906. The van der Waals surface area contributed by atoms with E-state index in [1.165, 1.54) is 0 Å². The van der Waals surface area contributed by atoms with Crippen molar-refractivity contribution in [1.29, 1.82) is 0 Å². The van der Waals surface area contributed by atoms with E-state index in [9.17, 15) is 9.59 Å². The van der Waals surface area contributed by atoms with E-state index in [2.05, 4.69) is 15.5 Å². The maximum absolute atomic E-state index is 12.9. The molecular weight excluding hydrogens is 394 g/mol. The largest absolute Gasteiger partial charge is 0.496 e. The van der Waals surface area contributed by atoms with Gasteiger partial charge in [-0.25, -0.2) is 0 Å². The molecule has 2 aliphatic heterocycles. The number of piperazine rings is 1. The van der Waals surface area contributed by atoms with E-state index in [1.54, 1.807) is 23.0 Å². The summed E-state index contributed by atoms with van der Waals surface area (Å²) >= 11 is 0. The van der Waals surface area contributed by atoms with Gasteiger partial charge in [-0.05, 0) is 24.6 Å². The van der Waals surface area contributed by atoms with E-state index in [0.29, 0.717) is 49.7 Å². The number of aryl methyl sites for hydroxylation is 1. The average molecular weight is 420 g/mol. The van der Waals surface area contributed by atoms with Gasteiger partial charge in [0, 0.05) is 62.5 Å². The number of H-pyrrole nitrogens is 1.